The van der Waals surface area contributed by atoms with Crippen LogP contribution in [0, 0.1) is 5.92 Å². The molecule has 0 saturated carbocycles. The molecule has 0 radical (unpaired) electrons. The van der Waals surface area contributed by atoms with Gasteiger partial charge in [-0.05, 0) is 43.9 Å². The van der Waals surface area contributed by atoms with Crippen LogP contribution in [0.3, 0.4) is 0 Å². The molecule has 2 atom stereocenters. The summed E-state index contributed by atoms with van der Waals surface area (Å²) in [7, 11) is 0. The fraction of sp³-hybridized carbons (Fsp3) is 0.647. The predicted octanol–water partition coefficient (Wildman–Crippen LogP) is 4.31. The van der Waals surface area contributed by atoms with E-state index in [2.05, 4.69) is 39.1 Å². The Morgan fingerprint density at radius 3 is 2.45 bits per heavy atom. The smallest absolute Gasteiger partial charge is 0.0753 e. The van der Waals surface area contributed by atoms with E-state index in [1.807, 2.05) is 18.2 Å². The number of hydrogen-bond acceptors (Lipinski definition) is 2. The summed E-state index contributed by atoms with van der Waals surface area (Å²) in [5.41, 5.74) is 1.19. The molecule has 1 aromatic rings. The third kappa shape index (κ3) is 5.43. The van der Waals surface area contributed by atoms with Crippen LogP contribution in [0.4, 0.5) is 0 Å². The molecule has 0 aliphatic rings. The molecule has 1 N–H and O–H groups in total. The van der Waals surface area contributed by atoms with Gasteiger partial charge >= 0.3 is 0 Å². The molecular weight excluding hydrogens is 270 g/mol. The predicted molar refractivity (Wildman–Crippen MR) is 87.5 cm³/mol. The lowest BCUT2D eigenvalue weighted by Gasteiger charge is -2.31. The minimum Gasteiger partial charge on any atom is -0.377 e. The maximum Gasteiger partial charge on any atom is 0.0753 e. The van der Waals surface area contributed by atoms with E-state index in [9.17, 15) is 0 Å². The zero-order valence-electron chi connectivity index (χ0n) is 13.2. The molecule has 0 spiro atoms. The van der Waals surface area contributed by atoms with Crippen LogP contribution in [0.25, 0.3) is 0 Å². The second kappa shape index (κ2) is 9.38. The highest BCUT2D eigenvalue weighted by Gasteiger charge is 2.25. The number of ether oxygens (including phenoxy) is 1. The fourth-order valence-electron chi connectivity index (χ4n) is 2.50. The lowest BCUT2D eigenvalue weighted by Crippen LogP contribution is -2.46. The van der Waals surface area contributed by atoms with Gasteiger partial charge in [0, 0.05) is 17.7 Å². The minimum atomic E-state index is 0.211. The van der Waals surface area contributed by atoms with E-state index in [-0.39, 0.29) is 6.10 Å². The van der Waals surface area contributed by atoms with Gasteiger partial charge in [-0.2, -0.15) is 0 Å². The van der Waals surface area contributed by atoms with Crippen LogP contribution in [-0.2, 0) is 11.2 Å². The molecule has 0 heterocycles. The summed E-state index contributed by atoms with van der Waals surface area (Å²) in [6, 6.07) is 8.38. The van der Waals surface area contributed by atoms with Crippen molar-refractivity contribution in [1.29, 1.82) is 0 Å². The van der Waals surface area contributed by atoms with Crippen LogP contribution >= 0.6 is 11.6 Å². The van der Waals surface area contributed by atoms with E-state index in [1.54, 1.807) is 0 Å². The molecule has 0 saturated heterocycles. The SMILES string of the molecule is CCCNC(Cc1ccccc1Cl)C(OCC)C(C)C. The first-order valence-electron chi connectivity index (χ1n) is 7.68. The summed E-state index contributed by atoms with van der Waals surface area (Å²) in [5, 5.41) is 4.47. The Labute approximate surface area is 128 Å². The van der Waals surface area contributed by atoms with Crippen LogP contribution in [0.15, 0.2) is 24.3 Å². The number of benzene rings is 1. The van der Waals surface area contributed by atoms with Crippen LogP contribution < -0.4 is 5.32 Å². The van der Waals surface area contributed by atoms with Crippen molar-refractivity contribution >= 4 is 11.6 Å². The van der Waals surface area contributed by atoms with Crippen LogP contribution in [0.5, 0.6) is 0 Å². The van der Waals surface area contributed by atoms with Gasteiger partial charge in [-0.3, -0.25) is 0 Å². The van der Waals surface area contributed by atoms with Crippen molar-refractivity contribution in [2.75, 3.05) is 13.2 Å². The minimum absolute atomic E-state index is 0.211. The molecule has 0 bridgehead atoms. The average molecular weight is 298 g/mol. The first kappa shape index (κ1) is 17.5. The summed E-state index contributed by atoms with van der Waals surface area (Å²) >= 11 is 6.30. The lowest BCUT2D eigenvalue weighted by atomic mass is 9.93. The Balaban J connectivity index is 2.84. The molecular formula is C17H28ClNO. The summed E-state index contributed by atoms with van der Waals surface area (Å²) in [6.07, 6.45) is 2.24. The Morgan fingerprint density at radius 2 is 1.90 bits per heavy atom. The quantitative estimate of drug-likeness (QED) is 0.733. The van der Waals surface area contributed by atoms with Crippen molar-refractivity contribution in [2.45, 2.75) is 52.7 Å². The summed E-state index contributed by atoms with van der Waals surface area (Å²) in [4.78, 5) is 0. The Morgan fingerprint density at radius 1 is 1.20 bits per heavy atom. The third-order valence-electron chi connectivity index (χ3n) is 3.47. The van der Waals surface area contributed by atoms with Crippen molar-refractivity contribution in [3.63, 3.8) is 0 Å². The highest BCUT2D eigenvalue weighted by molar-refractivity contribution is 6.31. The van der Waals surface area contributed by atoms with Gasteiger partial charge < -0.3 is 10.1 Å². The molecule has 0 fully saturated rings. The van der Waals surface area contributed by atoms with E-state index >= 15 is 0 Å². The van der Waals surface area contributed by atoms with E-state index in [0.29, 0.717) is 12.0 Å². The van der Waals surface area contributed by atoms with Crippen molar-refractivity contribution in [3.8, 4) is 0 Å². The van der Waals surface area contributed by atoms with Crippen LogP contribution in [0.1, 0.15) is 39.7 Å². The van der Waals surface area contributed by atoms with E-state index in [1.165, 1.54) is 5.56 Å². The van der Waals surface area contributed by atoms with Gasteiger partial charge in [-0.1, -0.05) is 50.6 Å². The second-order valence-electron chi connectivity index (χ2n) is 5.52. The molecule has 2 unspecified atom stereocenters. The van der Waals surface area contributed by atoms with Gasteiger partial charge in [-0.25, -0.2) is 0 Å². The lowest BCUT2D eigenvalue weighted by molar-refractivity contribution is 0.00363. The fourth-order valence-corrected chi connectivity index (χ4v) is 2.71. The number of halogens is 1. The van der Waals surface area contributed by atoms with Gasteiger partial charge in [-0.15, -0.1) is 0 Å². The van der Waals surface area contributed by atoms with Gasteiger partial charge in [0.1, 0.15) is 0 Å². The van der Waals surface area contributed by atoms with Crippen molar-refractivity contribution < 1.29 is 4.74 Å². The van der Waals surface area contributed by atoms with Crippen LogP contribution in [-0.4, -0.2) is 25.3 Å². The Hall–Kier alpha value is -0.570. The molecule has 2 nitrogen and oxygen atoms in total. The van der Waals surface area contributed by atoms with Gasteiger partial charge in [0.05, 0.1) is 6.10 Å². The normalized spacial score (nSPS) is 14.5. The topological polar surface area (TPSA) is 21.3 Å². The molecule has 0 amide bonds. The van der Waals surface area contributed by atoms with E-state index < -0.39 is 0 Å². The first-order chi connectivity index (χ1) is 9.60. The highest BCUT2D eigenvalue weighted by atomic mass is 35.5. The van der Waals surface area contributed by atoms with Gasteiger partial charge in [0.15, 0.2) is 0 Å². The number of rotatable bonds is 9. The molecule has 20 heavy (non-hydrogen) atoms. The maximum absolute atomic E-state index is 6.30. The zero-order chi connectivity index (χ0) is 15.0. The second-order valence-corrected chi connectivity index (χ2v) is 5.93. The first-order valence-corrected chi connectivity index (χ1v) is 8.06. The Bertz CT molecular complexity index is 381. The molecule has 1 aromatic carbocycles. The summed E-state index contributed by atoms with van der Waals surface area (Å²) in [6.45, 7) is 10.4. The van der Waals surface area contributed by atoms with Crippen molar-refractivity contribution in [1.82, 2.24) is 5.32 Å². The van der Waals surface area contributed by atoms with Crippen molar-refractivity contribution in [2.24, 2.45) is 5.92 Å². The van der Waals surface area contributed by atoms with Crippen molar-refractivity contribution in [3.05, 3.63) is 34.9 Å². The van der Waals surface area contributed by atoms with Gasteiger partial charge in [0.2, 0.25) is 0 Å². The summed E-state index contributed by atoms with van der Waals surface area (Å²) < 4.78 is 5.97. The molecule has 1 rings (SSSR count). The maximum atomic E-state index is 6.30. The van der Waals surface area contributed by atoms with Crippen LogP contribution in [0.2, 0.25) is 5.02 Å². The third-order valence-corrected chi connectivity index (χ3v) is 3.84. The monoisotopic (exact) mass is 297 g/mol. The Kier molecular flexibility index (Phi) is 8.20. The summed E-state index contributed by atoms with van der Waals surface area (Å²) in [5.74, 6) is 0.479. The number of hydrogen-bond donors (Lipinski definition) is 1. The average Bonchev–Trinajstić information content (AvgIpc) is 2.43. The highest BCUT2D eigenvalue weighted by Crippen LogP contribution is 2.21. The van der Waals surface area contributed by atoms with E-state index in [4.69, 9.17) is 16.3 Å². The molecule has 3 heteroatoms. The molecule has 0 aliphatic heterocycles. The molecule has 0 aliphatic carbocycles. The van der Waals surface area contributed by atoms with E-state index in [0.717, 1.165) is 31.0 Å². The standard InChI is InChI=1S/C17H28ClNO/c1-5-11-19-16(17(13(3)4)20-6-2)12-14-9-7-8-10-15(14)18/h7-10,13,16-17,19H,5-6,11-12H2,1-4H3. The largest absolute Gasteiger partial charge is 0.377 e. The van der Waals surface area contributed by atoms with Gasteiger partial charge in [0.25, 0.3) is 0 Å². The zero-order valence-corrected chi connectivity index (χ0v) is 13.9. The molecule has 114 valence electrons. The number of nitrogens with one attached hydrogen (secondary N) is 1. The molecule has 0 aromatic heterocycles.